The van der Waals surface area contributed by atoms with Crippen LogP contribution in [-0.2, 0) is 11.3 Å². The molecule has 78 valence electrons. The van der Waals surface area contributed by atoms with Gasteiger partial charge in [-0.3, -0.25) is 4.90 Å². The topological polar surface area (TPSA) is 12.5 Å². The number of hydrogen-bond acceptors (Lipinski definition) is 2. The highest BCUT2D eigenvalue weighted by Gasteiger charge is 2.03. The zero-order chi connectivity index (χ0) is 10.6. The minimum absolute atomic E-state index is 0.659. The summed E-state index contributed by atoms with van der Waals surface area (Å²) < 4.78 is 6.19. The molecule has 14 heavy (non-hydrogen) atoms. The highest BCUT2D eigenvalue weighted by molar-refractivity contribution is 9.10. The number of methoxy groups -OCH3 is 1. The van der Waals surface area contributed by atoms with Gasteiger partial charge in [-0.25, -0.2) is 0 Å². The van der Waals surface area contributed by atoms with Crippen LogP contribution in [0.15, 0.2) is 22.7 Å². The van der Waals surface area contributed by atoms with E-state index in [0.29, 0.717) is 6.73 Å². The van der Waals surface area contributed by atoms with Gasteiger partial charge in [0.2, 0.25) is 0 Å². The molecule has 0 radical (unpaired) electrons. The zero-order valence-corrected chi connectivity index (χ0v) is 10.5. The molecule has 0 aromatic heterocycles. The third-order valence-corrected chi connectivity index (χ3v) is 2.59. The van der Waals surface area contributed by atoms with E-state index < -0.39 is 0 Å². The monoisotopic (exact) mass is 257 g/mol. The predicted octanol–water partition coefficient (Wildman–Crippen LogP) is 2.79. The first-order chi connectivity index (χ1) is 6.63. The van der Waals surface area contributed by atoms with Crippen molar-refractivity contribution in [2.45, 2.75) is 13.5 Å². The molecular formula is C11H16BrNO. The lowest BCUT2D eigenvalue weighted by Gasteiger charge is -2.16. The second kappa shape index (κ2) is 5.49. The number of nitrogens with zero attached hydrogens (tertiary/aromatic N) is 1. The molecule has 0 saturated heterocycles. The van der Waals surface area contributed by atoms with Crippen molar-refractivity contribution in [3.8, 4) is 0 Å². The molecule has 3 heteroatoms. The molecule has 0 aliphatic carbocycles. The summed E-state index contributed by atoms with van der Waals surface area (Å²) in [5, 5.41) is 0. The van der Waals surface area contributed by atoms with Gasteiger partial charge in [0, 0.05) is 18.1 Å². The maximum Gasteiger partial charge on any atom is 0.0986 e. The number of hydrogen-bond donors (Lipinski definition) is 0. The number of benzene rings is 1. The Morgan fingerprint density at radius 3 is 2.79 bits per heavy atom. The number of ether oxygens (including phenoxy) is 1. The van der Waals surface area contributed by atoms with Crippen LogP contribution in [0.5, 0.6) is 0 Å². The summed E-state index contributed by atoms with van der Waals surface area (Å²) in [7, 11) is 3.76. The van der Waals surface area contributed by atoms with E-state index in [9.17, 15) is 0 Å². The van der Waals surface area contributed by atoms with Crippen LogP contribution in [0.4, 0.5) is 0 Å². The van der Waals surface area contributed by atoms with Crippen molar-refractivity contribution >= 4 is 15.9 Å². The fourth-order valence-electron chi connectivity index (χ4n) is 1.37. The molecule has 0 amide bonds. The molecule has 0 N–H and O–H groups in total. The van der Waals surface area contributed by atoms with E-state index in [2.05, 4.69) is 46.0 Å². The molecule has 0 fully saturated rings. The van der Waals surface area contributed by atoms with E-state index in [0.717, 1.165) is 11.0 Å². The van der Waals surface area contributed by atoms with E-state index >= 15 is 0 Å². The normalized spacial score (nSPS) is 10.9. The summed E-state index contributed by atoms with van der Waals surface area (Å²) in [6.07, 6.45) is 0. The lowest BCUT2D eigenvalue weighted by molar-refractivity contribution is 0.0770. The Hall–Kier alpha value is -0.380. The van der Waals surface area contributed by atoms with Crippen molar-refractivity contribution in [3.05, 3.63) is 33.8 Å². The first-order valence-electron chi connectivity index (χ1n) is 4.56. The van der Waals surface area contributed by atoms with Gasteiger partial charge in [0.15, 0.2) is 0 Å². The molecule has 0 aliphatic heterocycles. The Balaban J connectivity index is 2.70. The summed E-state index contributed by atoms with van der Waals surface area (Å²) in [5.41, 5.74) is 2.65. The van der Waals surface area contributed by atoms with Crippen LogP contribution >= 0.6 is 15.9 Å². The molecule has 2 nitrogen and oxygen atoms in total. The predicted molar refractivity (Wildman–Crippen MR) is 62.2 cm³/mol. The van der Waals surface area contributed by atoms with Gasteiger partial charge in [0.1, 0.15) is 0 Å². The Labute approximate surface area is 94.0 Å². The Morgan fingerprint density at radius 1 is 1.43 bits per heavy atom. The van der Waals surface area contributed by atoms with E-state index in [1.807, 2.05) is 7.05 Å². The van der Waals surface area contributed by atoms with Crippen LogP contribution in [0.3, 0.4) is 0 Å². The highest BCUT2D eigenvalue weighted by atomic mass is 79.9. The van der Waals surface area contributed by atoms with E-state index in [4.69, 9.17) is 4.74 Å². The quantitative estimate of drug-likeness (QED) is 0.770. The van der Waals surface area contributed by atoms with Crippen LogP contribution in [0, 0.1) is 6.92 Å². The van der Waals surface area contributed by atoms with Crippen molar-refractivity contribution in [1.82, 2.24) is 4.90 Å². The Bertz CT molecular complexity index is 301. The van der Waals surface area contributed by atoms with Gasteiger partial charge in [-0.1, -0.05) is 22.0 Å². The molecule has 0 aliphatic rings. The lowest BCUT2D eigenvalue weighted by atomic mass is 10.1. The molecular weight excluding hydrogens is 242 g/mol. The largest absolute Gasteiger partial charge is 0.369 e. The first kappa shape index (κ1) is 11.7. The van der Waals surface area contributed by atoms with Crippen molar-refractivity contribution in [1.29, 1.82) is 0 Å². The molecule has 1 aromatic carbocycles. The third-order valence-electron chi connectivity index (χ3n) is 2.10. The van der Waals surface area contributed by atoms with E-state index in [1.54, 1.807) is 7.11 Å². The van der Waals surface area contributed by atoms with Gasteiger partial charge in [-0.2, -0.15) is 0 Å². The summed E-state index contributed by atoms with van der Waals surface area (Å²) in [6.45, 7) is 3.70. The minimum atomic E-state index is 0.659. The van der Waals surface area contributed by atoms with Crippen LogP contribution in [0.2, 0.25) is 0 Å². The van der Waals surface area contributed by atoms with Crippen LogP contribution in [0.1, 0.15) is 11.1 Å². The van der Waals surface area contributed by atoms with Gasteiger partial charge in [-0.05, 0) is 37.2 Å². The second-order valence-electron chi connectivity index (χ2n) is 3.50. The average Bonchev–Trinajstić information content (AvgIpc) is 2.12. The van der Waals surface area contributed by atoms with E-state index in [1.165, 1.54) is 11.1 Å². The van der Waals surface area contributed by atoms with Gasteiger partial charge >= 0.3 is 0 Å². The van der Waals surface area contributed by atoms with Crippen molar-refractivity contribution < 1.29 is 4.74 Å². The van der Waals surface area contributed by atoms with Gasteiger partial charge < -0.3 is 4.74 Å². The molecule has 0 bridgehead atoms. The summed E-state index contributed by atoms with van der Waals surface area (Å²) in [6, 6.07) is 6.34. The van der Waals surface area contributed by atoms with Crippen LogP contribution in [-0.4, -0.2) is 25.8 Å². The Kier molecular flexibility index (Phi) is 4.58. The Morgan fingerprint density at radius 2 is 2.14 bits per heavy atom. The third kappa shape index (κ3) is 3.40. The summed E-state index contributed by atoms with van der Waals surface area (Å²) in [5.74, 6) is 0. The standard InChI is InChI=1S/C11H16BrNO/c1-9-4-5-11(12)6-10(9)7-13(2)8-14-3/h4-6H,7-8H2,1-3H3. The molecule has 1 rings (SSSR count). The fourth-order valence-corrected chi connectivity index (χ4v) is 1.78. The summed E-state index contributed by atoms with van der Waals surface area (Å²) in [4.78, 5) is 2.13. The van der Waals surface area contributed by atoms with Gasteiger partial charge in [0.05, 0.1) is 6.73 Å². The van der Waals surface area contributed by atoms with Crippen LogP contribution in [0.25, 0.3) is 0 Å². The van der Waals surface area contributed by atoms with Crippen molar-refractivity contribution in [2.75, 3.05) is 20.9 Å². The van der Waals surface area contributed by atoms with Gasteiger partial charge in [-0.15, -0.1) is 0 Å². The number of halogens is 1. The highest BCUT2D eigenvalue weighted by Crippen LogP contribution is 2.17. The zero-order valence-electron chi connectivity index (χ0n) is 8.88. The fraction of sp³-hybridized carbons (Fsp3) is 0.455. The molecule has 0 spiro atoms. The molecule has 0 unspecified atom stereocenters. The number of aryl methyl sites for hydroxylation is 1. The lowest BCUT2D eigenvalue weighted by Crippen LogP contribution is -2.20. The van der Waals surface area contributed by atoms with Crippen LogP contribution < -0.4 is 0 Å². The SMILES string of the molecule is COCN(C)Cc1cc(Br)ccc1C. The molecule has 0 heterocycles. The molecule has 0 atom stereocenters. The first-order valence-corrected chi connectivity index (χ1v) is 5.35. The summed E-state index contributed by atoms with van der Waals surface area (Å²) >= 11 is 3.48. The van der Waals surface area contributed by atoms with E-state index in [-0.39, 0.29) is 0 Å². The average molecular weight is 258 g/mol. The number of rotatable bonds is 4. The second-order valence-corrected chi connectivity index (χ2v) is 4.42. The smallest absolute Gasteiger partial charge is 0.0986 e. The maximum atomic E-state index is 5.06. The van der Waals surface area contributed by atoms with Crippen molar-refractivity contribution in [3.63, 3.8) is 0 Å². The van der Waals surface area contributed by atoms with Crippen molar-refractivity contribution in [2.24, 2.45) is 0 Å². The van der Waals surface area contributed by atoms with Gasteiger partial charge in [0.25, 0.3) is 0 Å². The maximum absolute atomic E-state index is 5.06. The molecule has 0 saturated carbocycles. The molecule has 1 aromatic rings. The minimum Gasteiger partial charge on any atom is -0.369 e.